The molecule has 1 N–H and O–H groups in total. The van der Waals surface area contributed by atoms with Crippen LogP contribution in [-0.2, 0) is 29.0 Å². The third kappa shape index (κ3) is 5.69. The van der Waals surface area contributed by atoms with Gasteiger partial charge in [-0.15, -0.1) is 0 Å². The highest BCUT2D eigenvalue weighted by molar-refractivity contribution is 7.92. The maximum absolute atomic E-state index is 13.3. The predicted molar refractivity (Wildman–Crippen MR) is 125 cm³/mol. The van der Waals surface area contributed by atoms with Gasteiger partial charge in [-0.2, -0.15) is 0 Å². The Hall–Kier alpha value is -2.13. The van der Waals surface area contributed by atoms with Crippen LogP contribution in [0.3, 0.4) is 0 Å². The Morgan fingerprint density at radius 1 is 1.03 bits per heavy atom. The fourth-order valence-electron chi connectivity index (χ4n) is 4.37. The smallest absolute Gasteiger partial charge is 0.245 e. The Kier molecular flexibility index (Phi) is 7.58. The van der Waals surface area contributed by atoms with Crippen molar-refractivity contribution in [3.8, 4) is 11.5 Å². The van der Waals surface area contributed by atoms with E-state index in [2.05, 4.69) is 5.48 Å². The Morgan fingerprint density at radius 3 is 2.36 bits per heavy atom. The summed E-state index contributed by atoms with van der Waals surface area (Å²) in [7, 11) is -3.56. The second-order valence-electron chi connectivity index (χ2n) is 8.47. The van der Waals surface area contributed by atoms with Gasteiger partial charge in [0.15, 0.2) is 16.1 Å². The molecule has 2 heterocycles. The number of sulfone groups is 1. The van der Waals surface area contributed by atoms with Crippen LogP contribution in [0.2, 0.25) is 5.02 Å². The number of hydroxylamine groups is 1. The monoisotopic (exact) mass is 493 g/mol. The molecular formula is C24H28ClNO6S. The van der Waals surface area contributed by atoms with E-state index in [1.807, 2.05) is 0 Å². The van der Waals surface area contributed by atoms with E-state index in [4.69, 9.17) is 25.9 Å². The second kappa shape index (κ2) is 10.4. The average Bonchev–Trinajstić information content (AvgIpc) is 2.82. The lowest BCUT2D eigenvalue weighted by molar-refractivity contribution is -0.200. The van der Waals surface area contributed by atoms with Gasteiger partial charge in [-0.25, -0.2) is 18.7 Å². The molecule has 2 atom stereocenters. The number of carbonyl (C=O) groups is 1. The number of hydrogen-bond donors (Lipinski definition) is 1. The summed E-state index contributed by atoms with van der Waals surface area (Å²) in [6.45, 7) is 0.587. The highest BCUT2D eigenvalue weighted by Crippen LogP contribution is 2.43. The summed E-state index contributed by atoms with van der Waals surface area (Å²) < 4.78 is 36.5. The minimum Gasteiger partial charge on any atom is -0.457 e. The Bertz CT molecular complexity index is 1050. The number of halogens is 1. The molecule has 2 aliphatic rings. The van der Waals surface area contributed by atoms with Crippen LogP contribution in [0.15, 0.2) is 48.5 Å². The number of ether oxygens (including phenoxy) is 2. The molecule has 0 radical (unpaired) electrons. The largest absolute Gasteiger partial charge is 0.457 e. The lowest BCUT2D eigenvalue weighted by Gasteiger charge is -2.37. The summed E-state index contributed by atoms with van der Waals surface area (Å²) in [6.07, 6.45) is 3.61. The molecule has 2 aliphatic heterocycles. The predicted octanol–water partition coefficient (Wildman–Crippen LogP) is 4.89. The van der Waals surface area contributed by atoms with Crippen molar-refractivity contribution in [3.05, 3.63) is 59.1 Å². The molecule has 4 rings (SSSR count). The van der Waals surface area contributed by atoms with Crippen LogP contribution in [0.4, 0.5) is 0 Å². The molecule has 7 nitrogen and oxygen atoms in total. The van der Waals surface area contributed by atoms with Crippen LogP contribution in [0.1, 0.15) is 50.5 Å². The highest BCUT2D eigenvalue weighted by atomic mass is 35.5. The molecule has 33 heavy (non-hydrogen) atoms. The van der Waals surface area contributed by atoms with Crippen molar-refractivity contribution in [1.82, 2.24) is 5.48 Å². The molecule has 2 saturated heterocycles. The standard InChI is InChI=1S/C24H28ClNO6S/c25-19-8-12-21(13-9-19)31-20-10-6-18(7-11-20)24(14-2-4-16-33(24,28)29)17-22(27)26-32-23-5-1-3-15-30-23/h6-13,23H,1-5,14-17H2,(H,26,27). The van der Waals surface area contributed by atoms with Gasteiger partial charge < -0.3 is 9.47 Å². The summed E-state index contributed by atoms with van der Waals surface area (Å²) in [5, 5.41) is 0.611. The van der Waals surface area contributed by atoms with Crippen molar-refractivity contribution in [2.75, 3.05) is 12.4 Å². The molecule has 0 spiro atoms. The molecule has 0 aromatic heterocycles. The van der Waals surface area contributed by atoms with E-state index in [0.29, 0.717) is 48.0 Å². The second-order valence-corrected chi connectivity index (χ2v) is 11.3. The van der Waals surface area contributed by atoms with E-state index in [-0.39, 0.29) is 12.2 Å². The lowest BCUT2D eigenvalue weighted by Crippen LogP contribution is -2.45. The van der Waals surface area contributed by atoms with Gasteiger partial charge in [0.25, 0.3) is 0 Å². The summed E-state index contributed by atoms with van der Waals surface area (Å²) in [5.41, 5.74) is 3.00. The Morgan fingerprint density at radius 2 is 1.73 bits per heavy atom. The van der Waals surface area contributed by atoms with E-state index >= 15 is 0 Å². The number of amides is 1. The fraction of sp³-hybridized carbons (Fsp3) is 0.458. The third-order valence-electron chi connectivity index (χ3n) is 6.16. The molecule has 9 heteroatoms. The Labute approximate surface area is 199 Å². The number of benzene rings is 2. The van der Waals surface area contributed by atoms with E-state index in [1.165, 1.54) is 0 Å². The zero-order valence-corrected chi connectivity index (χ0v) is 19.9. The van der Waals surface area contributed by atoms with Crippen molar-refractivity contribution >= 4 is 27.3 Å². The van der Waals surface area contributed by atoms with Crippen molar-refractivity contribution in [2.24, 2.45) is 0 Å². The average molecular weight is 494 g/mol. The molecule has 0 aliphatic carbocycles. The van der Waals surface area contributed by atoms with Crippen LogP contribution in [-0.4, -0.2) is 33.0 Å². The summed E-state index contributed by atoms with van der Waals surface area (Å²) in [4.78, 5) is 18.1. The number of carbonyl (C=O) groups excluding carboxylic acids is 1. The summed E-state index contributed by atoms with van der Waals surface area (Å²) in [5.74, 6) is 0.756. The molecule has 178 valence electrons. The first-order valence-corrected chi connectivity index (χ1v) is 13.2. The van der Waals surface area contributed by atoms with Crippen LogP contribution in [0.5, 0.6) is 11.5 Å². The van der Waals surface area contributed by atoms with Crippen LogP contribution in [0.25, 0.3) is 0 Å². The lowest BCUT2D eigenvalue weighted by atomic mass is 9.88. The van der Waals surface area contributed by atoms with E-state index in [1.54, 1.807) is 48.5 Å². The normalized spacial score (nSPS) is 24.7. The highest BCUT2D eigenvalue weighted by Gasteiger charge is 2.48. The molecule has 2 unspecified atom stereocenters. The van der Waals surface area contributed by atoms with Gasteiger partial charge in [0.05, 0.1) is 12.2 Å². The summed E-state index contributed by atoms with van der Waals surface area (Å²) >= 11 is 5.91. The van der Waals surface area contributed by atoms with Crippen LogP contribution >= 0.6 is 11.6 Å². The first-order chi connectivity index (χ1) is 15.9. The van der Waals surface area contributed by atoms with Crippen molar-refractivity contribution < 1.29 is 27.5 Å². The van der Waals surface area contributed by atoms with Crippen LogP contribution in [0, 0.1) is 0 Å². The SMILES string of the molecule is O=C(CC1(c2ccc(Oc3ccc(Cl)cc3)cc2)CCCCS1(=O)=O)NOC1CCCCO1. The fourth-order valence-corrected chi connectivity index (χ4v) is 6.78. The first-order valence-electron chi connectivity index (χ1n) is 11.2. The molecule has 2 aromatic carbocycles. The summed E-state index contributed by atoms with van der Waals surface area (Å²) in [6, 6.07) is 13.9. The number of hydrogen-bond acceptors (Lipinski definition) is 6. The van der Waals surface area contributed by atoms with Gasteiger partial charge in [0.2, 0.25) is 5.91 Å². The number of rotatable bonds is 7. The molecule has 2 fully saturated rings. The molecule has 2 aromatic rings. The topological polar surface area (TPSA) is 90.9 Å². The third-order valence-corrected chi connectivity index (χ3v) is 9.01. The first kappa shape index (κ1) is 24.0. The molecule has 0 saturated carbocycles. The van der Waals surface area contributed by atoms with Gasteiger partial charge in [0.1, 0.15) is 16.2 Å². The minimum absolute atomic E-state index is 0.0515. The zero-order valence-electron chi connectivity index (χ0n) is 18.3. The van der Waals surface area contributed by atoms with Gasteiger partial charge in [-0.05, 0) is 67.6 Å². The van der Waals surface area contributed by atoms with E-state index in [9.17, 15) is 13.2 Å². The Balaban J connectivity index is 1.51. The minimum atomic E-state index is -3.56. The van der Waals surface area contributed by atoms with E-state index in [0.717, 1.165) is 19.3 Å². The van der Waals surface area contributed by atoms with Crippen molar-refractivity contribution in [2.45, 2.75) is 56.0 Å². The van der Waals surface area contributed by atoms with Gasteiger partial charge >= 0.3 is 0 Å². The molecule has 1 amide bonds. The van der Waals surface area contributed by atoms with Crippen LogP contribution < -0.4 is 10.2 Å². The van der Waals surface area contributed by atoms with Gasteiger partial charge in [-0.1, -0.05) is 30.2 Å². The van der Waals surface area contributed by atoms with E-state index < -0.39 is 26.8 Å². The van der Waals surface area contributed by atoms with Gasteiger partial charge in [0, 0.05) is 18.1 Å². The molecule has 0 bridgehead atoms. The van der Waals surface area contributed by atoms with Gasteiger partial charge in [-0.3, -0.25) is 4.79 Å². The number of nitrogens with one attached hydrogen (secondary N) is 1. The maximum Gasteiger partial charge on any atom is 0.245 e. The quantitative estimate of drug-likeness (QED) is 0.552. The maximum atomic E-state index is 13.3. The molecular weight excluding hydrogens is 466 g/mol. The van der Waals surface area contributed by atoms with Crippen molar-refractivity contribution in [1.29, 1.82) is 0 Å². The van der Waals surface area contributed by atoms with Crippen molar-refractivity contribution in [3.63, 3.8) is 0 Å². The zero-order chi connectivity index (χ0) is 23.3.